The van der Waals surface area contributed by atoms with Crippen LogP contribution in [0.5, 0.6) is 0 Å². The van der Waals surface area contributed by atoms with Gasteiger partial charge in [0, 0.05) is 53.0 Å². The van der Waals surface area contributed by atoms with E-state index in [9.17, 15) is 9.90 Å². The maximum Gasteiger partial charge on any atom is 0.355 e. The second-order valence-corrected chi connectivity index (χ2v) is 17.6. The number of carboxylic acid groups (broad SMARTS) is 1. The fourth-order valence-corrected chi connectivity index (χ4v) is 12.1. The van der Waals surface area contributed by atoms with Gasteiger partial charge in [-0.2, -0.15) is 5.10 Å². The summed E-state index contributed by atoms with van der Waals surface area (Å²) in [6.45, 7) is 7.36. The molecule has 13 heteroatoms. The van der Waals surface area contributed by atoms with Gasteiger partial charge in [-0.3, -0.25) is 4.68 Å². The minimum Gasteiger partial charge on any atom is -0.476 e. The molecule has 1 aliphatic heterocycles. The van der Waals surface area contributed by atoms with Gasteiger partial charge in [0.1, 0.15) is 5.82 Å². The summed E-state index contributed by atoms with van der Waals surface area (Å²) in [6.07, 6.45) is 9.68. The fourth-order valence-electron chi connectivity index (χ4n) is 11.3. The molecule has 5 aliphatic rings. The van der Waals surface area contributed by atoms with Crippen molar-refractivity contribution in [1.29, 1.82) is 0 Å². The number of para-hydroxylation sites is 1. The molecule has 4 aliphatic carbocycles. The summed E-state index contributed by atoms with van der Waals surface area (Å²) in [7, 11) is 4.22. The highest BCUT2D eigenvalue weighted by Crippen LogP contribution is 2.87. The van der Waals surface area contributed by atoms with Crippen LogP contribution in [0, 0.1) is 36.5 Å². The van der Waals surface area contributed by atoms with E-state index >= 15 is 0 Å². The molecule has 1 aromatic carbocycles. The number of rotatable bonds is 11. The maximum absolute atomic E-state index is 12.8. The molecule has 4 aromatic heterocycles. The van der Waals surface area contributed by atoms with Gasteiger partial charge in [0.25, 0.3) is 0 Å². The Balaban J connectivity index is 0.910. The Morgan fingerprint density at radius 2 is 1.92 bits per heavy atom. The molecule has 53 heavy (non-hydrogen) atoms. The van der Waals surface area contributed by atoms with Crippen LogP contribution in [0.4, 0.5) is 22.6 Å². The molecule has 0 amide bonds. The van der Waals surface area contributed by atoms with E-state index in [1.165, 1.54) is 25.7 Å². The van der Waals surface area contributed by atoms with Crippen molar-refractivity contribution in [1.82, 2.24) is 34.8 Å². The van der Waals surface area contributed by atoms with Gasteiger partial charge in [0.05, 0.1) is 28.6 Å². The number of likely N-dealkylation sites (N-methyl/N-ethyl adjacent to an activating group) is 1. The molecule has 4 saturated carbocycles. The third kappa shape index (κ3) is 4.85. The van der Waals surface area contributed by atoms with Gasteiger partial charge in [-0.15, -0.1) is 10.2 Å². The third-order valence-electron chi connectivity index (χ3n) is 13.5. The van der Waals surface area contributed by atoms with Gasteiger partial charge >= 0.3 is 5.97 Å². The van der Waals surface area contributed by atoms with Crippen molar-refractivity contribution in [2.24, 2.45) is 22.7 Å². The molecule has 5 heterocycles. The highest BCUT2D eigenvalue weighted by molar-refractivity contribution is 7.22. The Hall–Kier alpha value is -4.46. The summed E-state index contributed by atoms with van der Waals surface area (Å²) in [6, 6.07) is 11.8. The molecule has 4 fully saturated rings. The second kappa shape index (κ2) is 11.8. The lowest BCUT2D eigenvalue weighted by Crippen LogP contribution is -2.72. The summed E-state index contributed by atoms with van der Waals surface area (Å²) in [5, 5.41) is 28.8. The van der Waals surface area contributed by atoms with Gasteiger partial charge in [-0.05, 0) is 114 Å². The zero-order chi connectivity index (χ0) is 36.3. The van der Waals surface area contributed by atoms with E-state index in [1.54, 1.807) is 11.3 Å². The van der Waals surface area contributed by atoms with Crippen molar-refractivity contribution in [3.63, 3.8) is 0 Å². The predicted octanol–water partition coefficient (Wildman–Crippen LogP) is 7.01. The van der Waals surface area contributed by atoms with Crippen molar-refractivity contribution in [3.05, 3.63) is 65.1 Å². The van der Waals surface area contributed by atoms with Crippen molar-refractivity contribution < 1.29 is 14.6 Å². The van der Waals surface area contributed by atoms with Crippen LogP contribution < -0.4 is 10.2 Å². The topological polar surface area (TPSA) is 134 Å². The fraction of sp³-hybridized carbons (Fsp3) is 0.500. The number of aromatic nitrogens is 6. The molecule has 5 aromatic rings. The number of hydrogen-bond acceptors (Lipinski definition) is 11. The number of thiazole rings is 1. The zero-order valence-electron chi connectivity index (χ0n) is 30.7. The first-order chi connectivity index (χ1) is 25.6. The molecule has 12 nitrogen and oxygen atoms in total. The molecular formula is C40H45N9O3S. The summed E-state index contributed by atoms with van der Waals surface area (Å²) < 4.78 is 10.0. The lowest BCUT2D eigenvalue weighted by Gasteiger charge is -2.72. The quantitative estimate of drug-likeness (QED) is 0.145. The average molecular weight is 732 g/mol. The Morgan fingerprint density at radius 1 is 1.08 bits per heavy atom. The maximum atomic E-state index is 12.8. The lowest BCUT2D eigenvalue weighted by molar-refractivity contribution is -0.306. The minimum absolute atomic E-state index is 0.0158. The number of pyridine rings is 1. The van der Waals surface area contributed by atoms with Crippen molar-refractivity contribution >= 4 is 50.1 Å². The number of carbonyl (C=O) groups is 1. The van der Waals surface area contributed by atoms with Crippen LogP contribution in [0.3, 0.4) is 0 Å². The molecule has 2 N–H and O–H groups in total. The van der Waals surface area contributed by atoms with Crippen LogP contribution in [0.15, 0.2) is 42.6 Å². The van der Waals surface area contributed by atoms with Gasteiger partial charge in [0.15, 0.2) is 22.5 Å². The number of fused-ring (bicyclic) bond motifs is 3. The van der Waals surface area contributed by atoms with E-state index in [0.29, 0.717) is 35.0 Å². The minimum atomic E-state index is -1.07. The molecule has 5 unspecified atom stereocenters. The van der Waals surface area contributed by atoms with Crippen molar-refractivity contribution in [3.8, 4) is 11.1 Å². The summed E-state index contributed by atoms with van der Waals surface area (Å²) >= 11 is 1.58. The largest absolute Gasteiger partial charge is 0.476 e. The van der Waals surface area contributed by atoms with E-state index in [4.69, 9.17) is 19.8 Å². The van der Waals surface area contributed by atoms with Crippen LogP contribution in [0.2, 0.25) is 0 Å². The first kappa shape index (κ1) is 33.1. The summed E-state index contributed by atoms with van der Waals surface area (Å²) in [5.74, 6) is 2.45. The monoisotopic (exact) mass is 731 g/mol. The third-order valence-corrected chi connectivity index (χ3v) is 14.5. The highest BCUT2D eigenvalue weighted by atomic mass is 32.1. The molecule has 0 saturated heterocycles. The number of anilines is 4. The molecule has 1 spiro atoms. The number of nitrogens with zero attached hydrogens (tertiary/aromatic N) is 8. The molecule has 5 atom stereocenters. The number of aromatic carboxylic acids is 1. The smallest absolute Gasteiger partial charge is 0.355 e. The van der Waals surface area contributed by atoms with Crippen LogP contribution in [-0.4, -0.2) is 85.3 Å². The van der Waals surface area contributed by atoms with E-state index in [1.807, 2.05) is 41.4 Å². The first-order valence-corrected chi connectivity index (χ1v) is 19.7. The molecule has 2 bridgehead atoms. The highest BCUT2D eigenvalue weighted by Gasteiger charge is 2.84. The Bertz CT molecular complexity index is 2270. The van der Waals surface area contributed by atoms with Gasteiger partial charge < -0.3 is 25.0 Å². The Morgan fingerprint density at radius 3 is 2.74 bits per heavy atom. The van der Waals surface area contributed by atoms with Gasteiger partial charge in [0.2, 0.25) is 0 Å². The number of hydrogen-bond donors (Lipinski definition) is 2. The number of benzene rings is 1. The Kier molecular flexibility index (Phi) is 7.36. The zero-order valence-corrected chi connectivity index (χ0v) is 31.5. The van der Waals surface area contributed by atoms with E-state index in [0.717, 1.165) is 88.5 Å². The van der Waals surface area contributed by atoms with Crippen LogP contribution in [0.25, 0.3) is 21.3 Å². The van der Waals surface area contributed by atoms with Gasteiger partial charge in [-0.1, -0.05) is 23.5 Å². The van der Waals surface area contributed by atoms with Crippen molar-refractivity contribution in [2.75, 3.05) is 44.0 Å². The number of ether oxygens (including phenoxy) is 1. The van der Waals surface area contributed by atoms with E-state index < -0.39 is 5.97 Å². The van der Waals surface area contributed by atoms with Crippen LogP contribution in [0.1, 0.15) is 65.8 Å². The molecule has 274 valence electrons. The Labute approximate surface area is 312 Å². The summed E-state index contributed by atoms with van der Waals surface area (Å²) in [5.41, 5.74) is 5.97. The number of nitrogens with one attached hydrogen (secondary N) is 1. The van der Waals surface area contributed by atoms with Crippen molar-refractivity contribution in [2.45, 2.75) is 70.9 Å². The number of carboxylic acids is 1. The van der Waals surface area contributed by atoms with E-state index in [2.05, 4.69) is 59.1 Å². The van der Waals surface area contributed by atoms with Crippen LogP contribution in [-0.2, 0) is 17.7 Å². The molecular weight excluding hydrogens is 687 g/mol. The molecule has 10 rings (SSSR count). The van der Waals surface area contributed by atoms with E-state index in [-0.39, 0.29) is 16.7 Å². The second-order valence-electron chi connectivity index (χ2n) is 16.6. The molecule has 0 radical (unpaired) electrons. The van der Waals surface area contributed by atoms with Crippen LogP contribution >= 0.6 is 11.3 Å². The van der Waals surface area contributed by atoms with Gasteiger partial charge in [-0.25, -0.2) is 14.8 Å². The lowest BCUT2D eigenvalue weighted by atomic mass is 9.36. The average Bonchev–Trinajstić information content (AvgIpc) is 3.86. The SMILES string of the molecule is Cc1c(Nc2nc3ccccc3s2)nnc2c1CCCN2c1ccc(-c2cnn(CC34CC5CC6CC(OCCN(C)C)(C3)C56C4)c2C)c(C(=O)O)n1. The predicted molar refractivity (Wildman–Crippen MR) is 204 cm³/mol. The standard InChI is InChI=1S/C40H45N9O3S/c1-23-27-8-7-13-48(35(27)46-45-34(23)44-37-42-30-9-5-6-10-31(30)53-37)32-12-11-28(33(43-32)36(50)51)29-19-41-49(24(29)2)22-38-17-25-16-26-18-39(20-38,40(25,26)21-38)52-15-14-47(3)4/h5-6,9-12,19,25-26H,7-8,13-18,20-22H2,1-4H3,(H,50,51)(H,42,44,45). The summed E-state index contributed by atoms with van der Waals surface area (Å²) in [4.78, 5) is 26.5. The first-order valence-electron chi connectivity index (χ1n) is 18.9. The normalized spacial score (nSPS) is 27.8.